The van der Waals surface area contributed by atoms with Crippen LogP contribution in [0.4, 0.5) is 0 Å². The first kappa shape index (κ1) is 18.5. The van der Waals surface area contributed by atoms with Crippen molar-refractivity contribution in [1.82, 2.24) is 0 Å². The van der Waals surface area contributed by atoms with Crippen LogP contribution in [0.5, 0.6) is 0 Å². The molecule has 0 atom stereocenters. The minimum absolute atomic E-state index is 0. The van der Waals surface area contributed by atoms with E-state index in [-0.39, 0.29) is 54.5 Å². The molecular weight excluding hydrogens is 217 g/mol. The van der Waals surface area contributed by atoms with Crippen molar-refractivity contribution in [3.8, 4) is 0 Å². The molecule has 5 nitrogen and oxygen atoms in total. The quantitative estimate of drug-likeness (QED) is 0.240. The van der Waals surface area contributed by atoms with Crippen LogP contribution >= 0.6 is 12.4 Å². The van der Waals surface area contributed by atoms with Gasteiger partial charge >= 0.3 is 29.6 Å². The van der Waals surface area contributed by atoms with Crippen LogP contribution in [0.1, 0.15) is 6.92 Å². The SMILES string of the molecule is CC(=N)OCCS(=O)(=O)[O-].Cl.[Na+]. The molecule has 0 bridgehead atoms. The number of hydrogen-bond acceptors (Lipinski definition) is 5. The maximum absolute atomic E-state index is 9.91. The predicted octanol–water partition coefficient (Wildman–Crippen LogP) is -3.03. The van der Waals surface area contributed by atoms with Crippen LogP contribution in [-0.2, 0) is 14.9 Å². The monoisotopic (exact) mass is 225 g/mol. The normalized spacial score (nSPS) is 9.17. The molecule has 0 aliphatic heterocycles. The van der Waals surface area contributed by atoms with Crippen LogP contribution in [0, 0.1) is 5.41 Å². The third kappa shape index (κ3) is 17.0. The van der Waals surface area contributed by atoms with E-state index in [4.69, 9.17) is 5.41 Å². The summed E-state index contributed by atoms with van der Waals surface area (Å²) < 4.78 is 34.1. The van der Waals surface area contributed by atoms with Crippen molar-refractivity contribution in [1.29, 1.82) is 5.41 Å². The molecule has 0 amide bonds. The fraction of sp³-hybridized carbons (Fsp3) is 0.750. The van der Waals surface area contributed by atoms with Gasteiger partial charge in [-0.25, -0.2) is 8.42 Å². The summed E-state index contributed by atoms with van der Waals surface area (Å²) in [6.07, 6.45) is 0. The van der Waals surface area contributed by atoms with Crippen molar-refractivity contribution in [2.24, 2.45) is 0 Å². The van der Waals surface area contributed by atoms with Gasteiger partial charge < -0.3 is 9.29 Å². The molecule has 0 fully saturated rings. The molecule has 0 rings (SSSR count). The first-order valence-corrected chi connectivity index (χ1v) is 4.11. The van der Waals surface area contributed by atoms with Crippen molar-refractivity contribution >= 4 is 28.4 Å². The zero-order valence-corrected chi connectivity index (χ0v) is 10.5. The van der Waals surface area contributed by atoms with E-state index < -0.39 is 15.9 Å². The summed E-state index contributed by atoms with van der Waals surface area (Å²) in [5.41, 5.74) is 0. The molecule has 0 aromatic rings. The zero-order chi connectivity index (χ0) is 8.20. The van der Waals surface area contributed by atoms with Crippen LogP contribution in [0.2, 0.25) is 0 Å². The molecule has 12 heavy (non-hydrogen) atoms. The second-order valence-electron chi connectivity index (χ2n) is 1.67. The van der Waals surface area contributed by atoms with Gasteiger partial charge in [0.2, 0.25) is 0 Å². The Morgan fingerprint density at radius 1 is 1.58 bits per heavy atom. The van der Waals surface area contributed by atoms with Gasteiger partial charge in [-0.2, -0.15) is 0 Å². The van der Waals surface area contributed by atoms with Crippen LogP contribution in [0.3, 0.4) is 0 Å². The van der Waals surface area contributed by atoms with E-state index in [1.165, 1.54) is 6.92 Å². The van der Waals surface area contributed by atoms with E-state index in [0.29, 0.717) is 0 Å². The molecule has 0 spiro atoms. The summed E-state index contributed by atoms with van der Waals surface area (Å²) in [7, 11) is -4.19. The molecule has 0 radical (unpaired) electrons. The van der Waals surface area contributed by atoms with E-state index in [0.717, 1.165) is 0 Å². The summed E-state index contributed by atoms with van der Waals surface area (Å²) in [4.78, 5) is 0. The van der Waals surface area contributed by atoms with Crippen LogP contribution in [0.25, 0.3) is 0 Å². The molecule has 0 saturated carbocycles. The largest absolute Gasteiger partial charge is 1.00 e. The van der Waals surface area contributed by atoms with E-state index >= 15 is 0 Å². The molecule has 0 aliphatic rings. The summed E-state index contributed by atoms with van der Waals surface area (Å²) in [6, 6.07) is 0. The Morgan fingerprint density at radius 3 is 2.25 bits per heavy atom. The fourth-order valence-corrected chi connectivity index (χ4v) is 0.584. The number of hydrogen-bond donors (Lipinski definition) is 1. The molecule has 0 unspecified atom stereocenters. The topological polar surface area (TPSA) is 90.3 Å². The van der Waals surface area contributed by atoms with E-state index in [2.05, 4.69) is 4.74 Å². The van der Waals surface area contributed by atoms with E-state index in [1.807, 2.05) is 0 Å². The summed E-state index contributed by atoms with van der Waals surface area (Å²) >= 11 is 0. The Balaban J connectivity index is -0.000000405. The molecule has 68 valence electrons. The maximum atomic E-state index is 9.91. The minimum Gasteiger partial charge on any atom is -0.748 e. The van der Waals surface area contributed by atoms with Gasteiger partial charge in [0.1, 0.15) is 6.61 Å². The van der Waals surface area contributed by atoms with E-state index in [1.54, 1.807) is 0 Å². The summed E-state index contributed by atoms with van der Waals surface area (Å²) in [5.74, 6) is -0.674. The molecule has 1 N–H and O–H groups in total. The Bertz CT molecular complexity index is 217. The molecular formula is C4H9ClNNaO4S. The van der Waals surface area contributed by atoms with Crippen molar-refractivity contribution in [2.45, 2.75) is 6.92 Å². The Morgan fingerprint density at radius 2 is 2.00 bits per heavy atom. The molecule has 0 saturated heterocycles. The van der Waals surface area contributed by atoms with Gasteiger partial charge in [0.15, 0.2) is 5.90 Å². The second-order valence-corrected chi connectivity index (χ2v) is 3.19. The Kier molecular flexibility index (Phi) is 12.7. The Hall–Kier alpha value is 0.670. The zero-order valence-electron chi connectivity index (χ0n) is 6.86. The minimum atomic E-state index is -4.19. The van der Waals surface area contributed by atoms with Gasteiger partial charge in [-0.3, -0.25) is 5.41 Å². The molecule has 0 aromatic carbocycles. The van der Waals surface area contributed by atoms with Crippen molar-refractivity contribution in [2.75, 3.05) is 12.4 Å². The maximum Gasteiger partial charge on any atom is 1.00 e. The van der Waals surface area contributed by atoms with Gasteiger partial charge in [0.25, 0.3) is 0 Å². The third-order valence-electron chi connectivity index (χ3n) is 0.652. The predicted molar refractivity (Wildman–Crippen MR) is 41.2 cm³/mol. The average Bonchev–Trinajstić information content (AvgIpc) is 1.59. The number of ether oxygens (including phenoxy) is 1. The second kappa shape index (κ2) is 8.28. The van der Waals surface area contributed by atoms with Crippen LogP contribution in [0.15, 0.2) is 0 Å². The fourth-order valence-electron chi connectivity index (χ4n) is 0.297. The molecule has 0 aliphatic carbocycles. The van der Waals surface area contributed by atoms with Crippen molar-refractivity contribution in [3.05, 3.63) is 0 Å². The summed E-state index contributed by atoms with van der Waals surface area (Å²) in [6.45, 7) is 1.12. The average molecular weight is 226 g/mol. The number of nitrogens with one attached hydrogen (secondary N) is 1. The standard InChI is InChI=1S/C4H9NO4S.ClH.Na/c1-4(5)9-2-3-10(6,7)8;;/h5H,2-3H2,1H3,(H,6,7,8);1H;/q;;+1/p-1. The first-order valence-electron chi connectivity index (χ1n) is 2.53. The van der Waals surface area contributed by atoms with Crippen molar-refractivity contribution < 1.29 is 47.3 Å². The molecule has 0 heterocycles. The number of halogens is 1. The molecule has 0 aromatic heterocycles. The van der Waals surface area contributed by atoms with Crippen LogP contribution in [-0.4, -0.2) is 31.2 Å². The van der Waals surface area contributed by atoms with Gasteiger partial charge in [-0.1, -0.05) is 0 Å². The summed E-state index contributed by atoms with van der Waals surface area (Å²) in [5, 5.41) is 6.68. The first-order chi connectivity index (χ1) is 4.42. The number of rotatable bonds is 3. The Labute approximate surface area is 99.8 Å². The third-order valence-corrected chi connectivity index (χ3v) is 1.32. The smallest absolute Gasteiger partial charge is 0.748 e. The van der Waals surface area contributed by atoms with Crippen LogP contribution < -0.4 is 29.6 Å². The van der Waals surface area contributed by atoms with Gasteiger partial charge in [-0.15, -0.1) is 12.4 Å². The van der Waals surface area contributed by atoms with Gasteiger partial charge in [0.05, 0.1) is 15.9 Å². The van der Waals surface area contributed by atoms with Gasteiger partial charge in [0, 0.05) is 6.92 Å². The van der Waals surface area contributed by atoms with Gasteiger partial charge in [-0.05, 0) is 0 Å². The van der Waals surface area contributed by atoms with E-state index in [9.17, 15) is 13.0 Å². The van der Waals surface area contributed by atoms with Crippen molar-refractivity contribution in [3.63, 3.8) is 0 Å². The molecule has 8 heteroatoms.